The molecule has 0 aromatic heterocycles. The predicted molar refractivity (Wildman–Crippen MR) is 96.5 cm³/mol. The number of hydrogen-bond donors (Lipinski definition) is 1. The third kappa shape index (κ3) is 7.44. The van der Waals surface area contributed by atoms with Crippen LogP contribution in [-0.4, -0.2) is 24.5 Å². The summed E-state index contributed by atoms with van der Waals surface area (Å²) in [6, 6.07) is 6.79. The lowest BCUT2D eigenvalue weighted by atomic mass is 10.1. The first kappa shape index (κ1) is 18.7. The van der Waals surface area contributed by atoms with E-state index in [-0.39, 0.29) is 0 Å². The zero-order valence-corrected chi connectivity index (χ0v) is 15.7. The molecule has 0 unspecified atom stereocenters. The summed E-state index contributed by atoms with van der Waals surface area (Å²) in [4.78, 5) is 2.54. The van der Waals surface area contributed by atoms with E-state index in [1.807, 2.05) is 0 Å². The minimum Gasteiger partial charge on any atom is -0.312 e. The van der Waals surface area contributed by atoms with Gasteiger partial charge in [-0.25, -0.2) is 0 Å². The monoisotopic (exact) mass is 354 g/mol. The second-order valence-corrected chi connectivity index (χ2v) is 7.08. The fourth-order valence-corrected chi connectivity index (χ4v) is 3.03. The van der Waals surface area contributed by atoms with Crippen molar-refractivity contribution in [3.63, 3.8) is 0 Å². The van der Waals surface area contributed by atoms with Gasteiger partial charge in [-0.15, -0.1) is 0 Å². The van der Waals surface area contributed by atoms with E-state index < -0.39 is 0 Å². The van der Waals surface area contributed by atoms with Crippen molar-refractivity contribution in [2.45, 2.75) is 53.6 Å². The molecule has 120 valence electrons. The van der Waals surface area contributed by atoms with Crippen LogP contribution in [0.5, 0.6) is 0 Å². The Balaban J connectivity index is 2.60. The Labute approximate surface area is 139 Å². The summed E-state index contributed by atoms with van der Waals surface area (Å²) < 4.78 is 1.24. The molecule has 0 bridgehead atoms. The van der Waals surface area contributed by atoms with E-state index in [0.717, 1.165) is 19.6 Å². The third-order valence-corrected chi connectivity index (χ3v) is 4.21. The Kier molecular flexibility index (Phi) is 9.21. The largest absolute Gasteiger partial charge is 0.312 e. The molecule has 0 radical (unpaired) electrons. The summed E-state index contributed by atoms with van der Waals surface area (Å²) in [5, 5.41) is 3.50. The molecule has 0 heterocycles. The first-order chi connectivity index (χ1) is 10.1. The maximum absolute atomic E-state index is 3.74. The summed E-state index contributed by atoms with van der Waals surface area (Å²) in [5.74, 6) is 0.698. The molecule has 0 spiro atoms. The zero-order valence-electron chi connectivity index (χ0n) is 14.1. The molecule has 0 aliphatic heterocycles. The maximum Gasteiger partial charge on any atom is 0.0244 e. The Morgan fingerprint density at radius 3 is 2.33 bits per heavy atom. The van der Waals surface area contributed by atoms with Crippen molar-refractivity contribution in [2.24, 2.45) is 5.92 Å². The molecule has 1 aromatic carbocycles. The molecule has 0 aliphatic rings. The van der Waals surface area contributed by atoms with E-state index in [9.17, 15) is 0 Å². The highest BCUT2D eigenvalue weighted by atomic mass is 79.9. The van der Waals surface area contributed by atoms with Gasteiger partial charge in [-0.05, 0) is 55.6 Å². The molecule has 21 heavy (non-hydrogen) atoms. The van der Waals surface area contributed by atoms with Gasteiger partial charge < -0.3 is 5.32 Å². The summed E-state index contributed by atoms with van der Waals surface area (Å²) in [6.45, 7) is 14.4. The van der Waals surface area contributed by atoms with Gasteiger partial charge in [-0.1, -0.05) is 55.8 Å². The van der Waals surface area contributed by atoms with Crippen LogP contribution in [0.3, 0.4) is 0 Å². The quantitative estimate of drug-likeness (QED) is 0.648. The molecule has 1 aromatic rings. The molecular formula is C18H31BrN2. The molecule has 0 saturated carbocycles. The number of benzene rings is 1. The smallest absolute Gasteiger partial charge is 0.0244 e. The van der Waals surface area contributed by atoms with Gasteiger partial charge in [0.1, 0.15) is 0 Å². The van der Waals surface area contributed by atoms with Crippen molar-refractivity contribution in [2.75, 3.05) is 19.6 Å². The SMILES string of the molecule is CCCN(CCC)Cc1ccc(CNCC(C)C)cc1Br. The summed E-state index contributed by atoms with van der Waals surface area (Å²) >= 11 is 3.74. The van der Waals surface area contributed by atoms with Crippen molar-refractivity contribution in [1.82, 2.24) is 10.2 Å². The van der Waals surface area contributed by atoms with E-state index in [1.165, 1.54) is 41.5 Å². The highest BCUT2D eigenvalue weighted by Gasteiger charge is 2.07. The number of halogens is 1. The van der Waals surface area contributed by atoms with Crippen LogP contribution in [0.25, 0.3) is 0 Å². The fourth-order valence-electron chi connectivity index (χ4n) is 2.48. The van der Waals surface area contributed by atoms with Crippen LogP contribution in [0.2, 0.25) is 0 Å². The fraction of sp³-hybridized carbons (Fsp3) is 0.667. The van der Waals surface area contributed by atoms with E-state index in [4.69, 9.17) is 0 Å². The van der Waals surface area contributed by atoms with Crippen molar-refractivity contribution in [1.29, 1.82) is 0 Å². The third-order valence-electron chi connectivity index (χ3n) is 3.47. The molecule has 0 aliphatic carbocycles. The number of nitrogens with one attached hydrogen (secondary N) is 1. The van der Waals surface area contributed by atoms with E-state index in [0.29, 0.717) is 5.92 Å². The predicted octanol–water partition coefficient (Wildman–Crippen LogP) is 4.82. The number of rotatable bonds is 10. The van der Waals surface area contributed by atoms with Gasteiger partial charge in [-0.2, -0.15) is 0 Å². The highest BCUT2D eigenvalue weighted by molar-refractivity contribution is 9.10. The minimum absolute atomic E-state index is 0.698. The van der Waals surface area contributed by atoms with Gasteiger partial charge in [0, 0.05) is 17.6 Å². The van der Waals surface area contributed by atoms with Crippen LogP contribution >= 0.6 is 15.9 Å². The molecule has 0 fully saturated rings. The van der Waals surface area contributed by atoms with E-state index in [2.05, 4.69) is 72.0 Å². The average molecular weight is 355 g/mol. The second kappa shape index (κ2) is 10.4. The average Bonchev–Trinajstić information content (AvgIpc) is 2.42. The standard InChI is InChI=1S/C18H31BrN2/c1-5-9-21(10-6-2)14-17-8-7-16(11-18(17)19)13-20-12-15(3)4/h7-8,11,15,20H,5-6,9-10,12-14H2,1-4H3. The maximum atomic E-state index is 3.74. The van der Waals surface area contributed by atoms with E-state index in [1.54, 1.807) is 0 Å². The molecule has 1 rings (SSSR count). The van der Waals surface area contributed by atoms with Gasteiger partial charge in [0.15, 0.2) is 0 Å². The molecule has 3 heteroatoms. The van der Waals surface area contributed by atoms with Crippen molar-refractivity contribution in [3.8, 4) is 0 Å². The Morgan fingerprint density at radius 2 is 1.81 bits per heavy atom. The van der Waals surface area contributed by atoms with Crippen molar-refractivity contribution >= 4 is 15.9 Å². The van der Waals surface area contributed by atoms with E-state index >= 15 is 0 Å². The number of hydrogen-bond acceptors (Lipinski definition) is 2. The lowest BCUT2D eigenvalue weighted by Gasteiger charge is -2.22. The van der Waals surface area contributed by atoms with Crippen LogP contribution in [0.4, 0.5) is 0 Å². The second-order valence-electron chi connectivity index (χ2n) is 6.23. The normalized spacial score (nSPS) is 11.6. The summed E-state index contributed by atoms with van der Waals surface area (Å²) in [7, 11) is 0. The minimum atomic E-state index is 0.698. The topological polar surface area (TPSA) is 15.3 Å². The molecule has 0 amide bonds. The Morgan fingerprint density at radius 1 is 1.14 bits per heavy atom. The molecule has 1 N–H and O–H groups in total. The Bertz CT molecular complexity index is 398. The number of nitrogens with zero attached hydrogens (tertiary/aromatic N) is 1. The zero-order chi connectivity index (χ0) is 15.7. The van der Waals surface area contributed by atoms with Crippen LogP contribution < -0.4 is 5.32 Å². The lowest BCUT2D eigenvalue weighted by Crippen LogP contribution is -2.25. The summed E-state index contributed by atoms with van der Waals surface area (Å²) in [5.41, 5.74) is 2.74. The van der Waals surface area contributed by atoms with Crippen LogP contribution in [0, 0.1) is 5.92 Å². The van der Waals surface area contributed by atoms with Gasteiger partial charge in [-0.3, -0.25) is 4.90 Å². The molecule has 0 saturated heterocycles. The van der Waals surface area contributed by atoms with Crippen LogP contribution in [0.1, 0.15) is 51.7 Å². The highest BCUT2D eigenvalue weighted by Crippen LogP contribution is 2.20. The van der Waals surface area contributed by atoms with Crippen LogP contribution in [0.15, 0.2) is 22.7 Å². The summed E-state index contributed by atoms with van der Waals surface area (Å²) in [6.07, 6.45) is 2.43. The van der Waals surface area contributed by atoms with Gasteiger partial charge in [0.2, 0.25) is 0 Å². The molecule has 0 atom stereocenters. The molecular weight excluding hydrogens is 324 g/mol. The first-order valence-electron chi connectivity index (χ1n) is 8.27. The van der Waals surface area contributed by atoms with Gasteiger partial charge >= 0.3 is 0 Å². The first-order valence-corrected chi connectivity index (χ1v) is 9.06. The van der Waals surface area contributed by atoms with Gasteiger partial charge in [0.05, 0.1) is 0 Å². The van der Waals surface area contributed by atoms with Crippen molar-refractivity contribution < 1.29 is 0 Å². The lowest BCUT2D eigenvalue weighted by molar-refractivity contribution is 0.266. The van der Waals surface area contributed by atoms with Gasteiger partial charge in [0.25, 0.3) is 0 Å². The Hall–Kier alpha value is -0.380. The van der Waals surface area contributed by atoms with Crippen molar-refractivity contribution in [3.05, 3.63) is 33.8 Å². The molecule has 2 nitrogen and oxygen atoms in total. The van der Waals surface area contributed by atoms with Crippen LogP contribution in [-0.2, 0) is 13.1 Å².